The van der Waals surface area contributed by atoms with Crippen molar-refractivity contribution in [2.24, 2.45) is 0 Å². The summed E-state index contributed by atoms with van der Waals surface area (Å²) in [7, 11) is 4.39. The lowest BCUT2D eigenvalue weighted by Crippen LogP contribution is -2.37. The first-order valence-electron chi connectivity index (χ1n) is 7.55. The second-order valence-corrected chi connectivity index (χ2v) is 6.52. The van der Waals surface area contributed by atoms with E-state index in [0.29, 0.717) is 6.04 Å². The van der Waals surface area contributed by atoms with E-state index in [-0.39, 0.29) is 0 Å². The van der Waals surface area contributed by atoms with Crippen molar-refractivity contribution in [1.29, 1.82) is 0 Å². The standard InChI is InChI=1S/C17H22BrN3/c1-20-9-5-7-15(20)12-21(2)17-14(11-18)10-13-6-3-4-8-16(13)19-17/h3-4,6,8,10,15H,5,7,9,11-12H2,1-2H3. The van der Waals surface area contributed by atoms with Gasteiger partial charge < -0.3 is 9.80 Å². The normalized spacial score (nSPS) is 19.3. The quantitative estimate of drug-likeness (QED) is 0.786. The minimum absolute atomic E-state index is 0.645. The molecule has 0 amide bonds. The molecule has 2 aromatic rings. The lowest BCUT2D eigenvalue weighted by molar-refractivity contribution is 0.314. The molecule has 21 heavy (non-hydrogen) atoms. The predicted molar refractivity (Wildman–Crippen MR) is 93.3 cm³/mol. The van der Waals surface area contributed by atoms with Crippen LogP contribution in [-0.2, 0) is 5.33 Å². The zero-order valence-electron chi connectivity index (χ0n) is 12.7. The topological polar surface area (TPSA) is 19.4 Å². The Hall–Kier alpha value is -1.13. The van der Waals surface area contributed by atoms with Gasteiger partial charge in [-0.05, 0) is 38.6 Å². The summed E-state index contributed by atoms with van der Waals surface area (Å²) in [4.78, 5) is 9.67. The zero-order chi connectivity index (χ0) is 14.8. The zero-order valence-corrected chi connectivity index (χ0v) is 14.3. The van der Waals surface area contributed by atoms with Crippen molar-refractivity contribution >= 4 is 32.7 Å². The van der Waals surface area contributed by atoms with Crippen molar-refractivity contribution in [2.75, 3.05) is 32.1 Å². The van der Waals surface area contributed by atoms with Crippen LogP contribution in [0.3, 0.4) is 0 Å². The van der Waals surface area contributed by atoms with E-state index in [0.717, 1.165) is 23.2 Å². The summed E-state index contributed by atoms with van der Waals surface area (Å²) >= 11 is 3.61. The number of aromatic nitrogens is 1. The Morgan fingerprint density at radius 2 is 2.19 bits per heavy atom. The Kier molecular flexibility index (Phi) is 4.45. The number of halogens is 1. The van der Waals surface area contributed by atoms with Gasteiger partial charge in [-0.3, -0.25) is 0 Å². The van der Waals surface area contributed by atoms with E-state index in [9.17, 15) is 0 Å². The van der Waals surface area contributed by atoms with Gasteiger partial charge in [0.15, 0.2) is 0 Å². The molecular weight excluding hydrogens is 326 g/mol. The highest BCUT2D eigenvalue weighted by Crippen LogP contribution is 2.26. The molecule has 1 saturated heterocycles. The van der Waals surface area contributed by atoms with Gasteiger partial charge in [-0.15, -0.1) is 0 Å². The molecule has 1 aromatic heterocycles. The van der Waals surface area contributed by atoms with E-state index < -0.39 is 0 Å². The molecular formula is C17H22BrN3. The molecule has 1 unspecified atom stereocenters. The molecule has 1 aromatic carbocycles. The summed E-state index contributed by atoms with van der Waals surface area (Å²) in [6.45, 7) is 2.26. The van der Waals surface area contributed by atoms with Crippen LogP contribution in [0.15, 0.2) is 30.3 Å². The third-order valence-electron chi connectivity index (χ3n) is 4.44. The number of anilines is 1. The number of para-hydroxylation sites is 1. The van der Waals surface area contributed by atoms with Gasteiger partial charge in [-0.2, -0.15) is 0 Å². The fourth-order valence-electron chi connectivity index (χ4n) is 3.19. The van der Waals surface area contributed by atoms with E-state index in [1.807, 2.05) is 0 Å². The number of likely N-dealkylation sites (N-methyl/N-ethyl adjacent to an activating group) is 2. The summed E-state index contributed by atoms with van der Waals surface area (Å²) < 4.78 is 0. The number of rotatable bonds is 4. The molecule has 2 heterocycles. The smallest absolute Gasteiger partial charge is 0.133 e. The van der Waals surface area contributed by atoms with Gasteiger partial charge in [0, 0.05) is 35.9 Å². The van der Waals surface area contributed by atoms with Gasteiger partial charge >= 0.3 is 0 Å². The molecule has 4 heteroatoms. The molecule has 0 aliphatic carbocycles. The highest BCUT2D eigenvalue weighted by atomic mass is 79.9. The van der Waals surface area contributed by atoms with Crippen LogP contribution in [0.2, 0.25) is 0 Å². The highest BCUT2D eigenvalue weighted by molar-refractivity contribution is 9.08. The number of alkyl halides is 1. The molecule has 112 valence electrons. The highest BCUT2D eigenvalue weighted by Gasteiger charge is 2.23. The molecule has 1 aliphatic heterocycles. The van der Waals surface area contributed by atoms with Crippen LogP contribution in [0.4, 0.5) is 5.82 Å². The molecule has 0 bridgehead atoms. The number of pyridine rings is 1. The predicted octanol–water partition coefficient (Wildman–Crippen LogP) is 3.66. The molecule has 0 N–H and O–H groups in total. The minimum atomic E-state index is 0.645. The molecule has 3 rings (SSSR count). The summed E-state index contributed by atoms with van der Waals surface area (Å²) in [6.07, 6.45) is 2.60. The Labute approximate surface area is 135 Å². The average molecular weight is 348 g/mol. The van der Waals surface area contributed by atoms with Crippen LogP contribution in [0.1, 0.15) is 18.4 Å². The fourth-order valence-corrected chi connectivity index (χ4v) is 3.60. The summed E-state index contributed by atoms with van der Waals surface area (Å²) in [5.74, 6) is 1.10. The lowest BCUT2D eigenvalue weighted by atomic mass is 10.1. The van der Waals surface area contributed by atoms with Crippen LogP contribution < -0.4 is 4.90 Å². The van der Waals surface area contributed by atoms with Crippen molar-refractivity contribution in [3.63, 3.8) is 0 Å². The van der Waals surface area contributed by atoms with E-state index in [2.05, 4.69) is 70.2 Å². The van der Waals surface area contributed by atoms with Crippen LogP contribution in [-0.4, -0.2) is 43.1 Å². The van der Waals surface area contributed by atoms with Crippen LogP contribution in [0.25, 0.3) is 10.9 Å². The molecule has 3 nitrogen and oxygen atoms in total. The summed E-state index contributed by atoms with van der Waals surface area (Å²) in [6, 6.07) is 11.2. The number of nitrogens with zero attached hydrogens (tertiary/aromatic N) is 3. The lowest BCUT2D eigenvalue weighted by Gasteiger charge is -2.28. The van der Waals surface area contributed by atoms with Gasteiger partial charge in [0.05, 0.1) is 5.52 Å². The third-order valence-corrected chi connectivity index (χ3v) is 5.05. The summed E-state index contributed by atoms with van der Waals surface area (Å²) in [5, 5.41) is 2.05. The van der Waals surface area contributed by atoms with Crippen molar-refractivity contribution in [2.45, 2.75) is 24.2 Å². The first-order chi connectivity index (χ1) is 10.2. The maximum Gasteiger partial charge on any atom is 0.133 e. The molecule has 0 radical (unpaired) electrons. The molecule has 0 spiro atoms. The van der Waals surface area contributed by atoms with E-state index >= 15 is 0 Å². The van der Waals surface area contributed by atoms with Gasteiger partial charge in [0.25, 0.3) is 0 Å². The Morgan fingerprint density at radius 3 is 2.90 bits per heavy atom. The number of benzene rings is 1. The largest absolute Gasteiger partial charge is 0.358 e. The van der Waals surface area contributed by atoms with Crippen LogP contribution >= 0.6 is 15.9 Å². The Bertz CT molecular complexity index is 628. The number of hydrogen-bond acceptors (Lipinski definition) is 3. The first kappa shape index (κ1) is 14.8. The summed E-state index contributed by atoms with van der Waals surface area (Å²) in [5.41, 5.74) is 2.33. The second kappa shape index (κ2) is 6.32. The molecule has 1 atom stereocenters. The van der Waals surface area contributed by atoms with Crippen molar-refractivity contribution < 1.29 is 0 Å². The van der Waals surface area contributed by atoms with Crippen molar-refractivity contribution in [3.05, 3.63) is 35.9 Å². The van der Waals surface area contributed by atoms with E-state index in [1.165, 1.54) is 30.3 Å². The van der Waals surface area contributed by atoms with E-state index in [1.54, 1.807) is 0 Å². The van der Waals surface area contributed by atoms with Gasteiger partial charge in [-0.1, -0.05) is 34.1 Å². The third kappa shape index (κ3) is 3.06. The number of hydrogen-bond donors (Lipinski definition) is 0. The van der Waals surface area contributed by atoms with Crippen LogP contribution in [0, 0.1) is 0 Å². The SMILES string of the molecule is CN(CC1CCCN1C)c1nc2ccccc2cc1CBr. The fraction of sp³-hybridized carbons (Fsp3) is 0.471. The maximum absolute atomic E-state index is 4.89. The Morgan fingerprint density at radius 1 is 1.38 bits per heavy atom. The number of likely N-dealkylation sites (tertiary alicyclic amines) is 1. The monoisotopic (exact) mass is 347 g/mol. The van der Waals surface area contributed by atoms with E-state index in [4.69, 9.17) is 4.98 Å². The van der Waals surface area contributed by atoms with Gasteiger partial charge in [-0.25, -0.2) is 4.98 Å². The molecule has 1 aliphatic rings. The molecule has 0 saturated carbocycles. The maximum atomic E-state index is 4.89. The van der Waals surface area contributed by atoms with Gasteiger partial charge in [0.2, 0.25) is 0 Å². The van der Waals surface area contributed by atoms with Crippen molar-refractivity contribution in [3.8, 4) is 0 Å². The second-order valence-electron chi connectivity index (χ2n) is 5.95. The number of fused-ring (bicyclic) bond motifs is 1. The Balaban J connectivity index is 1.90. The van der Waals surface area contributed by atoms with Crippen LogP contribution in [0.5, 0.6) is 0 Å². The minimum Gasteiger partial charge on any atom is -0.358 e. The average Bonchev–Trinajstić information content (AvgIpc) is 2.91. The van der Waals surface area contributed by atoms with Crippen molar-refractivity contribution in [1.82, 2.24) is 9.88 Å². The molecule has 1 fully saturated rings. The first-order valence-corrected chi connectivity index (χ1v) is 8.67. The van der Waals surface area contributed by atoms with Gasteiger partial charge in [0.1, 0.15) is 5.82 Å².